The molecule has 0 spiro atoms. The van der Waals surface area contributed by atoms with Crippen molar-refractivity contribution in [1.29, 1.82) is 0 Å². The van der Waals surface area contributed by atoms with Crippen LogP contribution >= 0.6 is 11.6 Å². The third-order valence-corrected chi connectivity index (χ3v) is 2.87. The van der Waals surface area contributed by atoms with E-state index < -0.39 is 4.92 Å². The van der Waals surface area contributed by atoms with Gasteiger partial charge in [0.1, 0.15) is 5.82 Å². The molecule has 0 aromatic carbocycles. The van der Waals surface area contributed by atoms with Crippen molar-refractivity contribution in [2.75, 3.05) is 5.32 Å². The van der Waals surface area contributed by atoms with E-state index in [1.165, 1.54) is 0 Å². The Balaban J connectivity index is 3.09. The summed E-state index contributed by atoms with van der Waals surface area (Å²) in [4.78, 5) is 18.3. The van der Waals surface area contributed by atoms with Crippen LogP contribution in [0.15, 0.2) is 0 Å². The summed E-state index contributed by atoms with van der Waals surface area (Å²) in [5, 5.41) is 13.9. The van der Waals surface area contributed by atoms with Crippen LogP contribution in [-0.4, -0.2) is 20.9 Å². The average Bonchev–Trinajstić information content (AvgIpc) is 2.26. The number of aromatic nitrogens is 2. The third kappa shape index (κ3) is 3.53. The lowest BCUT2D eigenvalue weighted by atomic mass is 10.1. The van der Waals surface area contributed by atoms with E-state index in [-0.39, 0.29) is 22.7 Å². The highest BCUT2D eigenvalue weighted by Gasteiger charge is 2.24. The van der Waals surface area contributed by atoms with Crippen LogP contribution in [0.1, 0.15) is 38.9 Å². The topological polar surface area (TPSA) is 81.0 Å². The first kappa shape index (κ1) is 14.6. The van der Waals surface area contributed by atoms with E-state index in [0.717, 1.165) is 19.3 Å². The predicted octanol–water partition coefficient (Wildman–Crippen LogP) is 3.34. The van der Waals surface area contributed by atoms with Crippen molar-refractivity contribution in [3.05, 3.63) is 21.1 Å². The molecule has 0 radical (unpaired) electrons. The Morgan fingerprint density at radius 1 is 1.44 bits per heavy atom. The maximum Gasteiger partial charge on any atom is 0.348 e. The Kier molecular flexibility index (Phi) is 5.27. The van der Waals surface area contributed by atoms with Crippen molar-refractivity contribution in [1.82, 2.24) is 9.97 Å². The number of hydrogen-bond donors (Lipinski definition) is 1. The number of anilines is 1. The Morgan fingerprint density at radius 2 is 2.11 bits per heavy atom. The lowest BCUT2D eigenvalue weighted by molar-refractivity contribution is -0.384. The zero-order valence-corrected chi connectivity index (χ0v) is 11.5. The van der Waals surface area contributed by atoms with Gasteiger partial charge in [0.2, 0.25) is 11.0 Å². The number of nitrogens with one attached hydrogen (secondary N) is 1. The standard InChI is InChI=1S/C11H17ClN4O2/c1-4-6-8(5-2)15-11-9(16(17)18)10(12)13-7(3)14-11/h8H,4-6H2,1-3H3,(H,13,14,15). The van der Waals surface area contributed by atoms with Gasteiger partial charge in [-0.05, 0) is 19.8 Å². The monoisotopic (exact) mass is 272 g/mol. The molecule has 0 aliphatic carbocycles. The van der Waals surface area contributed by atoms with Crippen molar-refractivity contribution in [3.63, 3.8) is 0 Å². The second-order valence-corrected chi connectivity index (χ2v) is 4.41. The molecule has 1 aromatic heterocycles. The number of nitrogens with zero attached hydrogens (tertiary/aromatic N) is 3. The van der Waals surface area contributed by atoms with Crippen molar-refractivity contribution in [2.45, 2.75) is 46.1 Å². The lowest BCUT2D eigenvalue weighted by Gasteiger charge is -2.16. The van der Waals surface area contributed by atoms with Gasteiger partial charge in [0.15, 0.2) is 0 Å². The summed E-state index contributed by atoms with van der Waals surface area (Å²) in [7, 11) is 0. The smallest absolute Gasteiger partial charge is 0.348 e. The van der Waals surface area contributed by atoms with Crippen LogP contribution in [0.3, 0.4) is 0 Å². The van der Waals surface area contributed by atoms with Crippen LogP contribution in [-0.2, 0) is 0 Å². The van der Waals surface area contributed by atoms with Gasteiger partial charge in [-0.15, -0.1) is 0 Å². The second-order valence-electron chi connectivity index (χ2n) is 4.05. The molecule has 18 heavy (non-hydrogen) atoms. The minimum Gasteiger partial charge on any atom is -0.361 e. The first-order valence-corrected chi connectivity index (χ1v) is 6.32. The van der Waals surface area contributed by atoms with Crippen LogP contribution in [0.2, 0.25) is 5.15 Å². The summed E-state index contributed by atoms with van der Waals surface area (Å²) in [5.74, 6) is 0.622. The predicted molar refractivity (Wildman–Crippen MR) is 71.0 cm³/mol. The van der Waals surface area contributed by atoms with Crippen LogP contribution in [0.25, 0.3) is 0 Å². The molecular weight excluding hydrogens is 256 g/mol. The molecule has 100 valence electrons. The summed E-state index contributed by atoms with van der Waals surface area (Å²) in [6.07, 6.45) is 2.79. The molecule has 7 heteroatoms. The summed E-state index contributed by atoms with van der Waals surface area (Å²) in [6, 6.07) is 0.152. The summed E-state index contributed by atoms with van der Waals surface area (Å²) < 4.78 is 0. The Hall–Kier alpha value is -1.43. The summed E-state index contributed by atoms with van der Waals surface area (Å²) in [5.41, 5.74) is -0.253. The SMILES string of the molecule is CCCC(CC)Nc1nc(C)nc(Cl)c1[N+](=O)[O-]. The average molecular weight is 273 g/mol. The maximum absolute atomic E-state index is 11.0. The van der Waals surface area contributed by atoms with Crippen molar-refractivity contribution in [2.24, 2.45) is 0 Å². The van der Waals surface area contributed by atoms with Gasteiger partial charge in [0, 0.05) is 6.04 Å². The van der Waals surface area contributed by atoms with Gasteiger partial charge >= 0.3 is 5.69 Å². The highest BCUT2D eigenvalue weighted by molar-refractivity contribution is 6.31. The molecule has 0 aliphatic rings. The lowest BCUT2D eigenvalue weighted by Crippen LogP contribution is -2.20. The number of rotatable bonds is 6. The van der Waals surface area contributed by atoms with E-state index in [0.29, 0.717) is 5.82 Å². The van der Waals surface area contributed by atoms with E-state index in [4.69, 9.17) is 11.6 Å². The summed E-state index contributed by atoms with van der Waals surface area (Å²) >= 11 is 5.80. The normalized spacial score (nSPS) is 12.2. The van der Waals surface area contributed by atoms with E-state index in [9.17, 15) is 10.1 Å². The van der Waals surface area contributed by atoms with Gasteiger partial charge in [-0.3, -0.25) is 10.1 Å². The minimum absolute atomic E-state index is 0.124. The highest BCUT2D eigenvalue weighted by atomic mass is 35.5. The van der Waals surface area contributed by atoms with Gasteiger partial charge in [0.25, 0.3) is 0 Å². The first-order valence-electron chi connectivity index (χ1n) is 5.94. The Labute approximate surface area is 111 Å². The number of halogens is 1. The minimum atomic E-state index is -0.553. The molecule has 0 fully saturated rings. The molecule has 0 saturated carbocycles. The fraction of sp³-hybridized carbons (Fsp3) is 0.636. The van der Waals surface area contributed by atoms with E-state index >= 15 is 0 Å². The summed E-state index contributed by atoms with van der Waals surface area (Å²) in [6.45, 7) is 5.74. The quantitative estimate of drug-likeness (QED) is 0.488. The van der Waals surface area contributed by atoms with Gasteiger partial charge < -0.3 is 5.32 Å². The molecule has 1 N–H and O–H groups in total. The zero-order chi connectivity index (χ0) is 13.7. The second kappa shape index (κ2) is 6.49. The van der Waals surface area contributed by atoms with Crippen LogP contribution in [0.4, 0.5) is 11.5 Å². The highest BCUT2D eigenvalue weighted by Crippen LogP contribution is 2.30. The molecule has 1 aromatic rings. The van der Waals surface area contributed by atoms with Crippen LogP contribution < -0.4 is 5.32 Å². The van der Waals surface area contributed by atoms with Crippen molar-refractivity contribution < 1.29 is 4.92 Å². The maximum atomic E-state index is 11.0. The molecule has 0 saturated heterocycles. The Bertz CT molecular complexity index is 439. The largest absolute Gasteiger partial charge is 0.361 e. The van der Waals surface area contributed by atoms with Crippen molar-refractivity contribution >= 4 is 23.1 Å². The molecule has 0 amide bonds. The first-order chi connectivity index (χ1) is 8.49. The van der Waals surface area contributed by atoms with E-state index in [2.05, 4.69) is 22.2 Å². The molecule has 0 bridgehead atoms. The van der Waals surface area contributed by atoms with Gasteiger partial charge in [-0.25, -0.2) is 9.97 Å². The number of nitro groups is 1. The molecule has 6 nitrogen and oxygen atoms in total. The van der Waals surface area contributed by atoms with Gasteiger partial charge in [-0.2, -0.15) is 0 Å². The van der Waals surface area contributed by atoms with E-state index in [1.807, 2.05) is 6.92 Å². The number of hydrogen-bond acceptors (Lipinski definition) is 5. The van der Waals surface area contributed by atoms with E-state index in [1.54, 1.807) is 6.92 Å². The molecular formula is C11H17ClN4O2. The van der Waals surface area contributed by atoms with Gasteiger partial charge in [-0.1, -0.05) is 31.9 Å². The molecule has 1 heterocycles. The molecule has 1 atom stereocenters. The van der Waals surface area contributed by atoms with Crippen molar-refractivity contribution in [3.8, 4) is 0 Å². The molecule has 0 aliphatic heterocycles. The van der Waals surface area contributed by atoms with Crippen LogP contribution in [0.5, 0.6) is 0 Å². The Morgan fingerprint density at radius 3 is 2.61 bits per heavy atom. The third-order valence-electron chi connectivity index (χ3n) is 2.61. The zero-order valence-electron chi connectivity index (χ0n) is 10.7. The number of aryl methyl sites for hydroxylation is 1. The fourth-order valence-corrected chi connectivity index (χ4v) is 2.00. The molecule has 1 rings (SSSR count). The molecule has 1 unspecified atom stereocenters. The van der Waals surface area contributed by atoms with Gasteiger partial charge in [0.05, 0.1) is 4.92 Å². The fourth-order valence-electron chi connectivity index (χ4n) is 1.72. The van der Waals surface area contributed by atoms with Crippen LogP contribution in [0, 0.1) is 17.0 Å².